The molecule has 0 N–H and O–H groups in total. The van der Waals surface area contributed by atoms with Crippen LogP contribution >= 0.6 is 0 Å². The maximum Gasteiger partial charge on any atom is 0.118 e. The molecule has 98 valence electrons. The van der Waals surface area contributed by atoms with Crippen molar-refractivity contribution < 1.29 is 4.74 Å². The third-order valence-corrected chi connectivity index (χ3v) is 3.65. The predicted octanol–water partition coefficient (Wildman–Crippen LogP) is 3.58. The molecule has 1 aliphatic rings. The summed E-state index contributed by atoms with van der Waals surface area (Å²) in [7, 11) is 1.70. The second-order valence-corrected chi connectivity index (χ2v) is 4.98. The fourth-order valence-electron chi connectivity index (χ4n) is 2.38. The topological polar surface area (TPSA) is 12.5 Å². The summed E-state index contributed by atoms with van der Waals surface area (Å²) in [6, 6.07) is 8.29. The third kappa shape index (κ3) is 3.61. The van der Waals surface area contributed by atoms with Gasteiger partial charge in [-0.05, 0) is 56.1 Å². The van der Waals surface area contributed by atoms with Crippen molar-refractivity contribution in [1.29, 1.82) is 0 Å². The second-order valence-electron chi connectivity index (χ2n) is 4.98. The zero-order valence-corrected chi connectivity index (χ0v) is 11.5. The van der Waals surface area contributed by atoms with E-state index in [-0.39, 0.29) is 0 Å². The number of methoxy groups -OCH3 is 1. The van der Waals surface area contributed by atoms with E-state index in [2.05, 4.69) is 30.0 Å². The predicted molar refractivity (Wildman–Crippen MR) is 76.9 cm³/mol. The van der Waals surface area contributed by atoms with Gasteiger partial charge in [-0.25, -0.2) is 0 Å². The van der Waals surface area contributed by atoms with Crippen molar-refractivity contribution in [2.75, 3.05) is 26.7 Å². The van der Waals surface area contributed by atoms with Gasteiger partial charge >= 0.3 is 0 Å². The molecule has 0 bridgehead atoms. The van der Waals surface area contributed by atoms with Gasteiger partial charge in [0.25, 0.3) is 0 Å². The monoisotopic (exact) mass is 245 g/mol. The molecule has 18 heavy (non-hydrogen) atoms. The molecule has 0 aromatic heterocycles. The highest BCUT2D eigenvalue weighted by atomic mass is 16.5. The van der Waals surface area contributed by atoms with Gasteiger partial charge in [0.2, 0.25) is 0 Å². The number of piperidine rings is 1. The Morgan fingerprint density at radius 3 is 2.44 bits per heavy atom. The molecule has 0 saturated carbocycles. The van der Waals surface area contributed by atoms with Gasteiger partial charge in [0.1, 0.15) is 5.75 Å². The number of hydrogen-bond acceptors (Lipinski definition) is 2. The van der Waals surface area contributed by atoms with E-state index < -0.39 is 0 Å². The summed E-state index contributed by atoms with van der Waals surface area (Å²) in [6.45, 7) is 5.78. The zero-order valence-electron chi connectivity index (χ0n) is 11.5. The van der Waals surface area contributed by atoms with Gasteiger partial charge in [0.05, 0.1) is 7.11 Å². The van der Waals surface area contributed by atoms with Crippen molar-refractivity contribution in [1.82, 2.24) is 4.90 Å². The van der Waals surface area contributed by atoms with Crippen LogP contribution in [0.2, 0.25) is 0 Å². The van der Waals surface area contributed by atoms with Crippen LogP contribution < -0.4 is 4.74 Å². The molecule has 1 fully saturated rings. The summed E-state index contributed by atoms with van der Waals surface area (Å²) in [5.74, 6) is 0.919. The van der Waals surface area contributed by atoms with Crippen LogP contribution in [0, 0.1) is 0 Å². The molecule has 1 aromatic rings. The molecule has 0 spiro atoms. The molecule has 1 aliphatic heterocycles. The Balaban J connectivity index is 1.93. The molecule has 0 radical (unpaired) electrons. The smallest absolute Gasteiger partial charge is 0.118 e. The molecule has 1 saturated heterocycles. The van der Waals surface area contributed by atoms with Gasteiger partial charge < -0.3 is 4.74 Å². The van der Waals surface area contributed by atoms with E-state index in [0.717, 1.165) is 12.3 Å². The molecule has 0 amide bonds. The molecule has 0 atom stereocenters. The Bertz CT molecular complexity index is 388. The Labute approximate surface area is 110 Å². The van der Waals surface area contributed by atoms with Crippen LogP contribution in [-0.4, -0.2) is 31.6 Å². The largest absolute Gasteiger partial charge is 0.497 e. The van der Waals surface area contributed by atoms with Crippen molar-refractivity contribution in [3.63, 3.8) is 0 Å². The number of likely N-dealkylation sites (tertiary alicyclic amines) is 1. The summed E-state index contributed by atoms with van der Waals surface area (Å²) in [6.07, 6.45) is 6.45. The Morgan fingerprint density at radius 1 is 1.17 bits per heavy atom. The van der Waals surface area contributed by atoms with Crippen molar-refractivity contribution in [2.24, 2.45) is 0 Å². The molecule has 1 heterocycles. The Morgan fingerprint density at radius 2 is 1.83 bits per heavy atom. The first-order chi connectivity index (χ1) is 8.79. The van der Waals surface area contributed by atoms with E-state index in [9.17, 15) is 0 Å². The fourth-order valence-corrected chi connectivity index (χ4v) is 2.38. The number of benzene rings is 1. The first kappa shape index (κ1) is 13.2. The zero-order chi connectivity index (χ0) is 12.8. The van der Waals surface area contributed by atoms with Crippen molar-refractivity contribution in [3.8, 4) is 5.75 Å². The minimum absolute atomic E-state index is 0.919. The average molecular weight is 245 g/mol. The maximum absolute atomic E-state index is 5.18. The van der Waals surface area contributed by atoms with E-state index in [1.807, 2.05) is 12.1 Å². The maximum atomic E-state index is 5.18. The first-order valence-corrected chi connectivity index (χ1v) is 6.83. The summed E-state index contributed by atoms with van der Waals surface area (Å²) >= 11 is 0. The number of allylic oxidation sites excluding steroid dienone is 1. The van der Waals surface area contributed by atoms with Gasteiger partial charge in [0, 0.05) is 6.54 Å². The van der Waals surface area contributed by atoms with E-state index >= 15 is 0 Å². The SMILES string of the molecule is COc1ccc(/C(C)=C/CN2CCCCC2)cc1. The molecule has 2 rings (SSSR count). The summed E-state index contributed by atoms with van der Waals surface area (Å²) in [4.78, 5) is 2.54. The van der Waals surface area contributed by atoms with Gasteiger partial charge in [-0.3, -0.25) is 4.90 Å². The quantitative estimate of drug-likeness (QED) is 0.804. The van der Waals surface area contributed by atoms with Crippen molar-refractivity contribution in [2.45, 2.75) is 26.2 Å². The number of nitrogens with zero attached hydrogens (tertiary/aromatic N) is 1. The fraction of sp³-hybridized carbons (Fsp3) is 0.500. The van der Waals surface area contributed by atoms with Crippen molar-refractivity contribution in [3.05, 3.63) is 35.9 Å². The number of rotatable bonds is 4. The lowest BCUT2D eigenvalue weighted by Crippen LogP contribution is -2.29. The lowest BCUT2D eigenvalue weighted by molar-refractivity contribution is 0.251. The standard InChI is InChI=1S/C16H23NO/c1-14(10-13-17-11-4-3-5-12-17)15-6-8-16(18-2)9-7-15/h6-10H,3-5,11-13H2,1-2H3/b14-10+. The summed E-state index contributed by atoms with van der Waals surface area (Å²) in [5, 5.41) is 0. The van der Waals surface area contributed by atoms with E-state index in [1.54, 1.807) is 7.11 Å². The van der Waals surface area contributed by atoms with Crippen LogP contribution in [0.15, 0.2) is 30.3 Å². The van der Waals surface area contributed by atoms with E-state index in [0.29, 0.717) is 0 Å². The van der Waals surface area contributed by atoms with Crippen LogP contribution in [0.25, 0.3) is 5.57 Å². The second kappa shape index (κ2) is 6.60. The first-order valence-electron chi connectivity index (χ1n) is 6.83. The summed E-state index contributed by atoms with van der Waals surface area (Å²) < 4.78 is 5.18. The summed E-state index contributed by atoms with van der Waals surface area (Å²) in [5.41, 5.74) is 2.64. The van der Waals surface area contributed by atoms with E-state index in [4.69, 9.17) is 4.74 Å². The van der Waals surface area contributed by atoms with Gasteiger partial charge in [0.15, 0.2) is 0 Å². The highest BCUT2D eigenvalue weighted by Crippen LogP contribution is 2.18. The molecule has 2 heteroatoms. The normalized spacial score (nSPS) is 17.8. The highest BCUT2D eigenvalue weighted by molar-refractivity contribution is 5.64. The van der Waals surface area contributed by atoms with Crippen LogP contribution in [-0.2, 0) is 0 Å². The van der Waals surface area contributed by atoms with Crippen LogP contribution in [0.3, 0.4) is 0 Å². The molecule has 2 nitrogen and oxygen atoms in total. The lowest BCUT2D eigenvalue weighted by Gasteiger charge is -2.25. The molecule has 1 aromatic carbocycles. The molecular weight excluding hydrogens is 222 g/mol. The van der Waals surface area contributed by atoms with Gasteiger partial charge in [-0.2, -0.15) is 0 Å². The van der Waals surface area contributed by atoms with Crippen molar-refractivity contribution >= 4 is 5.57 Å². The third-order valence-electron chi connectivity index (χ3n) is 3.65. The number of hydrogen-bond donors (Lipinski definition) is 0. The van der Waals surface area contributed by atoms with Gasteiger partial charge in [-0.15, -0.1) is 0 Å². The molecule has 0 unspecified atom stereocenters. The Kier molecular flexibility index (Phi) is 4.82. The minimum atomic E-state index is 0.919. The minimum Gasteiger partial charge on any atom is -0.497 e. The highest BCUT2D eigenvalue weighted by Gasteiger charge is 2.08. The van der Waals surface area contributed by atoms with E-state index in [1.165, 1.54) is 43.5 Å². The van der Waals surface area contributed by atoms with Crippen LogP contribution in [0.4, 0.5) is 0 Å². The Hall–Kier alpha value is -1.28. The molecule has 0 aliphatic carbocycles. The van der Waals surface area contributed by atoms with Crippen LogP contribution in [0.1, 0.15) is 31.7 Å². The lowest BCUT2D eigenvalue weighted by atomic mass is 10.1. The molecular formula is C16H23NO. The van der Waals surface area contributed by atoms with Crippen LogP contribution in [0.5, 0.6) is 5.75 Å². The van der Waals surface area contributed by atoms with Gasteiger partial charge in [-0.1, -0.05) is 24.6 Å². The number of ether oxygens (including phenoxy) is 1. The average Bonchev–Trinajstić information content (AvgIpc) is 2.46.